The van der Waals surface area contributed by atoms with Crippen molar-refractivity contribution >= 4 is 6.29 Å². The Kier molecular flexibility index (Phi) is 9.07. The van der Waals surface area contributed by atoms with Gasteiger partial charge in [0.05, 0.1) is 0 Å². The predicted octanol–water partition coefficient (Wildman–Crippen LogP) is 4.17. The van der Waals surface area contributed by atoms with Crippen molar-refractivity contribution in [1.82, 2.24) is 0 Å². The van der Waals surface area contributed by atoms with Crippen LogP contribution in [0.15, 0.2) is 0 Å². The van der Waals surface area contributed by atoms with Crippen molar-refractivity contribution in [3.05, 3.63) is 0 Å². The number of hydrogen-bond acceptors (Lipinski definition) is 4. The zero-order valence-electron chi connectivity index (χ0n) is 13.1. The first kappa shape index (κ1) is 17.6. The molecule has 0 aromatic rings. The minimum absolute atomic E-state index is 0.552. The molecule has 1 aliphatic rings. The van der Waals surface area contributed by atoms with Crippen molar-refractivity contribution < 1.29 is 19.3 Å². The highest BCUT2D eigenvalue weighted by Crippen LogP contribution is 2.29. The van der Waals surface area contributed by atoms with Crippen LogP contribution in [0.2, 0.25) is 0 Å². The van der Waals surface area contributed by atoms with Crippen LogP contribution in [0.3, 0.4) is 0 Å². The van der Waals surface area contributed by atoms with E-state index in [2.05, 4.69) is 0 Å². The van der Waals surface area contributed by atoms with E-state index < -0.39 is 11.9 Å². The number of methoxy groups -OCH3 is 1. The minimum Gasteiger partial charge on any atom is -0.351 e. The second-order valence-corrected chi connectivity index (χ2v) is 5.82. The Bertz CT molecular complexity index is 243. The predicted molar refractivity (Wildman–Crippen MR) is 78.2 cm³/mol. The number of rotatable bonds is 5. The molecule has 118 valence electrons. The van der Waals surface area contributed by atoms with Crippen LogP contribution in [0.25, 0.3) is 0 Å². The molecule has 0 aliphatic heterocycles. The molecule has 0 saturated heterocycles. The summed E-state index contributed by atoms with van der Waals surface area (Å²) in [6.45, 7) is 1.67. The van der Waals surface area contributed by atoms with Gasteiger partial charge < -0.3 is 9.53 Å². The summed E-state index contributed by atoms with van der Waals surface area (Å²) in [7, 11) is 1.67. The Hall–Kier alpha value is -0.450. The molecule has 1 rings (SSSR count). The molecule has 0 aromatic carbocycles. The quantitative estimate of drug-likeness (QED) is 0.329. The first-order valence-electron chi connectivity index (χ1n) is 8.07. The molecule has 0 heterocycles. The first-order chi connectivity index (χ1) is 9.72. The summed E-state index contributed by atoms with van der Waals surface area (Å²) >= 11 is 0. The highest BCUT2D eigenvalue weighted by atomic mass is 17.2. The van der Waals surface area contributed by atoms with Gasteiger partial charge in [-0.3, -0.25) is 0 Å². The average molecular weight is 286 g/mol. The molecule has 1 unspecified atom stereocenters. The third kappa shape index (κ3) is 6.82. The summed E-state index contributed by atoms with van der Waals surface area (Å²) in [5.74, 6) is -0.684. The molecule has 0 N–H and O–H groups in total. The van der Waals surface area contributed by atoms with Crippen LogP contribution in [0.1, 0.15) is 77.6 Å². The highest BCUT2D eigenvalue weighted by Gasteiger charge is 2.32. The average Bonchev–Trinajstić information content (AvgIpc) is 2.47. The lowest BCUT2D eigenvalue weighted by Crippen LogP contribution is -2.36. The number of hydrogen-bond donors (Lipinski definition) is 0. The van der Waals surface area contributed by atoms with Crippen molar-refractivity contribution in [2.45, 2.75) is 89.4 Å². The van der Waals surface area contributed by atoms with Crippen molar-refractivity contribution in [3.8, 4) is 0 Å². The van der Waals surface area contributed by atoms with E-state index in [1.165, 1.54) is 44.9 Å². The Labute approximate surface area is 123 Å². The van der Waals surface area contributed by atoms with Gasteiger partial charge in [-0.2, -0.15) is 0 Å². The van der Waals surface area contributed by atoms with Gasteiger partial charge in [-0.25, -0.2) is 9.78 Å². The summed E-state index contributed by atoms with van der Waals surface area (Å²) in [5, 5.41) is 0. The molecule has 20 heavy (non-hydrogen) atoms. The maximum absolute atomic E-state index is 10.6. The fourth-order valence-corrected chi connectivity index (χ4v) is 2.66. The normalized spacial score (nSPS) is 23.3. The van der Waals surface area contributed by atoms with Crippen molar-refractivity contribution in [3.63, 3.8) is 0 Å². The lowest BCUT2D eigenvalue weighted by atomic mass is 9.97. The third-order valence-electron chi connectivity index (χ3n) is 4.03. The molecular formula is C16H30O4. The van der Waals surface area contributed by atoms with Crippen LogP contribution in [-0.4, -0.2) is 25.3 Å². The van der Waals surface area contributed by atoms with Gasteiger partial charge in [0.15, 0.2) is 6.29 Å². The second-order valence-electron chi connectivity index (χ2n) is 5.82. The van der Waals surface area contributed by atoms with Gasteiger partial charge in [0.25, 0.3) is 0 Å². The lowest BCUT2D eigenvalue weighted by molar-refractivity contribution is -0.436. The van der Waals surface area contributed by atoms with Crippen LogP contribution in [-0.2, 0) is 19.3 Å². The van der Waals surface area contributed by atoms with Crippen LogP contribution in [0.4, 0.5) is 0 Å². The van der Waals surface area contributed by atoms with E-state index in [9.17, 15) is 4.79 Å². The molecule has 1 aliphatic carbocycles. The Balaban J connectivity index is 2.52. The van der Waals surface area contributed by atoms with Crippen LogP contribution in [0.5, 0.6) is 0 Å². The van der Waals surface area contributed by atoms with E-state index in [0.29, 0.717) is 0 Å². The maximum Gasteiger partial charge on any atom is 0.201 e. The van der Waals surface area contributed by atoms with E-state index in [4.69, 9.17) is 14.5 Å². The van der Waals surface area contributed by atoms with Gasteiger partial charge in [0.2, 0.25) is 5.79 Å². The van der Waals surface area contributed by atoms with Gasteiger partial charge in [0, 0.05) is 20.0 Å². The first-order valence-corrected chi connectivity index (χ1v) is 8.07. The summed E-state index contributed by atoms with van der Waals surface area (Å²) < 4.78 is 5.61. The van der Waals surface area contributed by atoms with E-state index in [0.717, 1.165) is 32.0 Å². The van der Waals surface area contributed by atoms with Gasteiger partial charge in [-0.1, -0.05) is 44.9 Å². The topological polar surface area (TPSA) is 44.8 Å². The SMILES string of the molecule is COC1(OOC(C)C=O)CCCCCCCCCCC1. The molecule has 1 atom stereocenters. The van der Waals surface area contributed by atoms with E-state index >= 15 is 0 Å². The van der Waals surface area contributed by atoms with Crippen molar-refractivity contribution in [1.29, 1.82) is 0 Å². The van der Waals surface area contributed by atoms with Gasteiger partial charge in [0.1, 0.15) is 6.10 Å². The third-order valence-corrected chi connectivity index (χ3v) is 4.03. The van der Waals surface area contributed by atoms with Crippen LogP contribution in [0, 0.1) is 0 Å². The standard InChI is InChI=1S/C16H30O4/c1-15(14-17)19-20-16(18-2)12-10-8-6-4-3-5-7-9-11-13-16/h14-15H,3-13H2,1-2H3. The van der Waals surface area contributed by atoms with Crippen molar-refractivity contribution in [2.24, 2.45) is 0 Å². The van der Waals surface area contributed by atoms with Gasteiger partial charge in [-0.15, -0.1) is 0 Å². The molecule has 0 amide bonds. The fourth-order valence-electron chi connectivity index (χ4n) is 2.66. The van der Waals surface area contributed by atoms with Crippen LogP contribution < -0.4 is 0 Å². The number of carbonyl (C=O) groups is 1. The summed E-state index contributed by atoms with van der Waals surface area (Å²) in [6.07, 6.45) is 13.0. The fraction of sp³-hybridized carbons (Fsp3) is 0.938. The van der Waals surface area contributed by atoms with Crippen LogP contribution >= 0.6 is 0 Å². The minimum atomic E-state index is -0.684. The number of aldehydes is 1. The summed E-state index contributed by atoms with van der Waals surface area (Å²) in [6, 6.07) is 0. The summed E-state index contributed by atoms with van der Waals surface area (Å²) in [4.78, 5) is 21.3. The molecule has 0 bridgehead atoms. The Morgan fingerprint density at radius 3 is 1.75 bits per heavy atom. The van der Waals surface area contributed by atoms with E-state index in [-0.39, 0.29) is 0 Å². The number of carbonyl (C=O) groups excluding carboxylic acids is 1. The van der Waals surface area contributed by atoms with E-state index in [1.54, 1.807) is 14.0 Å². The molecule has 1 saturated carbocycles. The Morgan fingerprint density at radius 2 is 1.35 bits per heavy atom. The molecule has 1 fully saturated rings. The molecule has 4 nitrogen and oxygen atoms in total. The molecule has 0 radical (unpaired) electrons. The van der Waals surface area contributed by atoms with Crippen molar-refractivity contribution in [2.75, 3.05) is 7.11 Å². The Morgan fingerprint density at radius 1 is 0.900 bits per heavy atom. The smallest absolute Gasteiger partial charge is 0.201 e. The second kappa shape index (κ2) is 10.3. The molecule has 0 aromatic heterocycles. The molecule has 4 heteroatoms. The maximum atomic E-state index is 10.6. The van der Waals surface area contributed by atoms with Gasteiger partial charge >= 0.3 is 0 Å². The zero-order valence-corrected chi connectivity index (χ0v) is 13.1. The lowest BCUT2D eigenvalue weighted by Gasteiger charge is -2.31. The zero-order chi connectivity index (χ0) is 14.7. The molecular weight excluding hydrogens is 256 g/mol. The van der Waals surface area contributed by atoms with E-state index in [1.807, 2.05) is 0 Å². The molecule has 0 spiro atoms. The number of ether oxygens (including phenoxy) is 1. The summed E-state index contributed by atoms with van der Waals surface area (Å²) in [5.41, 5.74) is 0. The largest absolute Gasteiger partial charge is 0.351 e. The highest BCUT2D eigenvalue weighted by molar-refractivity contribution is 5.54. The monoisotopic (exact) mass is 286 g/mol. The van der Waals surface area contributed by atoms with Gasteiger partial charge in [-0.05, 0) is 19.8 Å².